The zero-order valence-electron chi connectivity index (χ0n) is 11.7. The van der Waals surface area contributed by atoms with Crippen molar-refractivity contribution in [1.82, 2.24) is 15.5 Å². The molecule has 2 atom stereocenters. The summed E-state index contributed by atoms with van der Waals surface area (Å²) >= 11 is 0. The number of allylic oxidation sites excluding steroid dienone is 1. The molecule has 1 amide bonds. The maximum atomic E-state index is 12.4. The summed E-state index contributed by atoms with van der Waals surface area (Å²) in [4.78, 5) is 23.1. The van der Waals surface area contributed by atoms with Crippen LogP contribution in [0.3, 0.4) is 0 Å². The molecule has 1 aromatic rings. The van der Waals surface area contributed by atoms with Crippen LogP contribution in [0, 0.1) is 12.8 Å². The number of nitrogens with one attached hydrogen (secondary N) is 1. The number of ketones is 1. The molecular formula is C15H16FN3O2. The molecule has 5 nitrogen and oxygen atoms in total. The van der Waals surface area contributed by atoms with Crippen molar-refractivity contribution in [2.45, 2.75) is 32.1 Å². The number of nitrogens with zero attached hydrogens (tertiary/aromatic N) is 2. The van der Waals surface area contributed by atoms with E-state index in [4.69, 9.17) is 0 Å². The number of alkyl halides is 1. The van der Waals surface area contributed by atoms with Crippen molar-refractivity contribution < 1.29 is 14.0 Å². The SMILES string of the molecule is Cc1nnc(C2=CNC(=O)CC2=O)cc1[C@H]1C[C@@H]1CCF. The van der Waals surface area contributed by atoms with Crippen LogP contribution in [0.25, 0.3) is 5.57 Å². The van der Waals surface area contributed by atoms with E-state index in [0.717, 1.165) is 17.7 Å². The van der Waals surface area contributed by atoms with Gasteiger partial charge in [-0.05, 0) is 43.2 Å². The minimum Gasteiger partial charge on any atom is -0.331 e. The van der Waals surface area contributed by atoms with Gasteiger partial charge < -0.3 is 5.32 Å². The van der Waals surface area contributed by atoms with Crippen molar-refractivity contribution in [3.63, 3.8) is 0 Å². The summed E-state index contributed by atoms with van der Waals surface area (Å²) in [7, 11) is 0. The number of carbonyl (C=O) groups is 2. The van der Waals surface area contributed by atoms with Gasteiger partial charge in [-0.25, -0.2) is 0 Å². The van der Waals surface area contributed by atoms with E-state index in [-0.39, 0.29) is 24.8 Å². The molecule has 1 aliphatic carbocycles. The molecule has 1 aliphatic heterocycles. The van der Waals surface area contributed by atoms with Crippen LogP contribution in [0.15, 0.2) is 12.3 Å². The van der Waals surface area contributed by atoms with Gasteiger partial charge in [-0.2, -0.15) is 10.2 Å². The zero-order valence-corrected chi connectivity index (χ0v) is 11.7. The van der Waals surface area contributed by atoms with Gasteiger partial charge in [0.2, 0.25) is 5.91 Å². The first-order valence-corrected chi connectivity index (χ1v) is 7.03. The normalized spacial score (nSPS) is 24.6. The van der Waals surface area contributed by atoms with Crippen molar-refractivity contribution in [2.24, 2.45) is 5.92 Å². The Kier molecular flexibility index (Phi) is 3.53. The van der Waals surface area contributed by atoms with Crippen molar-refractivity contribution in [3.8, 4) is 0 Å². The molecule has 0 unspecified atom stereocenters. The summed E-state index contributed by atoms with van der Waals surface area (Å²) in [6.07, 6.45) is 2.76. The first-order chi connectivity index (χ1) is 10.1. The van der Waals surface area contributed by atoms with Crippen molar-refractivity contribution >= 4 is 17.3 Å². The largest absolute Gasteiger partial charge is 0.331 e. The van der Waals surface area contributed by atoms with Crippen molar-refractivity contribution in [2.75, 3.05) is 6.67 Å². The van der Waals surface area contributed by atoms with Crippen LogP contribution < -0.4 is 5.32 Å². The molecular weight excluding hydrogens is 273 g/mol. The minimum atomic E-state index is -0.311. The molecule has 21 heavy (non-hydrogen) atoms. The number of Topliss-reactive ketones (excluding diaryl/α,β-unsaturated/α-hetero) is 1. The Morgan fingerprint density at radius 3 is 2.90 bits per heavy atom. The fourth-order valence-electron chi connectivity index (χ4n) is 2.80. The molecule has 0 radical (unpaired) electrons. The van der Waals surface area contributed by atoms with Gasteiger partial charge >= 0.3 is 0 Å². The smallest absolute Gasteiger partial charge is 0.231 e. The van der Waals surface area contributed by atoms with Gasteiger partial charge in [0.1, 0.15) is 0 Å². The molecule has 3 rings (SSSR count). The van der Waals surface area contributed by atoms with Gasteiger partial charge in [0.15, 0.2) is 5.78 Å². The molecule has 1 saturated carbocycles. The van der Waals surface area contributed by atoms with Crippen LogP contribution >= 0.6 is 0 Å². The Balaban J connectivity index is 1.88. The lowest BCUT2D eigenvalue weighted by Crippen LogP contribution is -2.27. The van der Waals surface area contributed by atoms with Crippen LogP contribution in [-0.4, -0.2) is 28.6 Å². The summed E-state index contributed by atoms with van der Waals surface area (Å²) in [5.41, 5.74) is 2.71. The topological polar surface area (TPSA) is 72.0 Å². The predicted octanol–water partition coefficient (Wildman–Crippen LogP) is 1.68. The Labute approximate surface area is 121 Å². The summed E-state index contributed by atoms with van der Waals surface area (Å²) in [5, 5.41) is 10.7. The maximum absolute atomic E-state index is 12.4. The second kappa shape index (κ2) is 5.35. The molecule has 110 valence electrons. The number of rotatable bonds is 4. The predicted molar refractivity (Wildman–Crippen MR) is 74.0 cm³/mol. The molecule has 0 bridgehead atoms. The fraction of sp³-hybridized carbons (Fsp3) is 0.467. The first kappa shape index (κ1) is 13.9. The van der Waals surface area contributed by atoms with Crippen LogP contribution in [0.5, 0.6) is 0 Å². The van der Waals surface area contributed by atoms with E-state index in [1.54, 1.807) is 0 Å². The van der Waals surface area contributed by atoms with Gasteiger partial charge in [0.05, 0.1) is 30.1 Å². The summed E-state index contributed by atoms with van der Waals surface area (Å²) in [5.74, 6) is 0.110. The monoisotopic (exact) mass is 289 g/mol. The number of hydrogen-bond acceptors (Lipinski definition) is 4. The lowest BCUT2D eigenvalue weighted by Gasteiger charge is -2.13. The number of hydrogen-bond donors (Lipinski definition) is 1. The fourth-order valence-corrected chi connectivity index (χ4v) is 2.80. The van der Waals surface area contributed by atoms with E-state index in [1.807, 2.05) is 13.0 Å². The first-order valence-electron chi connectivity index (χ1n) is 7.03. The second-order valence-electron chi connectivity index (χ2n) is 5.58. The van der Waals surface area contributed by atoms with E-state index < -0.39 is 0 Å². The molecule has 6 heteroatoms. The second-order valence-corrected chi connectivity index (χ2v) is 5.58. The quantitative estimate of drug-likeness (QED) is 0.856. The number of carbonyl (C=O) groups excluding carboxylic acids is 2. The van der Waals surface area contributed by atoms with Gasteiger partial charge in [-0.15, -0.1) is 0 Å². The van der Waals surface area contributed by atoms with E-state index >= 15 is 0 Å². The number of halogens is 1. The lowest BCUT2D eigenvalue weighted by atomic mass is 9.99. The van der Waals surface area contributed by atoms with Crippen LogP contribution in [0.2, 0.25) is 0 Å². The molecule has 0 aromatic carbocycles. The standard InChI is InChI=1S/C15H16FN3O2/c1-8-10(11-4-9(11)2-3-16)5-13(19-18-8)12-7-17-15(21)6-14(12)20/h5,7,9,11H,2-4,6H2,1H3,(H,17,21)/t9-,11-/m0/s1. The molecule has 1 aromatic heterocycles. The van der Waals surface area contributed by atoms with Gasteiger partial charge in [-0.1, -0.05) is 0 Å². The van der Waals surface area contributed by atoms with Crippen LogP contribution in [0.4, 0.5) is 4.39 Å². The Hall–Kier alpha value is -2.11. The average Bonchev–Trinajstić information content (AvgIpc) is 3.19. The van der Waals surface area contributed by atoms with Crippen molar-refractivity contribution in [1.29, 1.82) is 0 Å². The highest BCUT2D eigenvalue weighted by molar-refractivity contribution is 6.27. The van der Waals surface area contributed by atoms with Gasteiger partial charge in [-0.3, -0.25) is 14.0 Å². The van der Waals surface area contributed by atoms with Gasteiger partial charge in [0, 0.05) is 6.20 Å². The summed E-state index contributed by atoms with van der Waals surface area (Å²) in [6.45, 7) is 1.57. The molecule has 2 aliphatic rings. The minimum absolute atomic E-state index is 0.162. The highest BCUT2D eigenvalue weighted by Crippen LogP contribution is 2.50. The van der Waals surface area contributed by atoms with Crippen molar-refractivity contribution in [3.05, 3.63) is 29.2 Å². The van der Waals surface area contributed by atoms with E-state index in [0.29, 0.717) is 29.5 Å². The van der Waals surface area contributed by atoms with Crippen LogP contribution in [-0.2, 0) is 9.59 Å². The summed E-state index contributed by atoms with van der Waals surface area (Å²) in [6, 6.07) is 1.85. The maximum Gasteiger partial charge on any atom is 0.231 e. The number of aryl methyl sites for hydroxylation is 1. The Morgan fingerprint density at radius 2 is 2.19 bits per heavy atom. The molecule has 2 heterocycles. The third kappa shape index (κ3) is 2.70. The number of amides is 1. The van der Waals surface area contributed by atoms with E-state index in [2.05, 4.69) is 15.5 Å². The average molecular weight is 289 g/mol. The molecule has 0 spiro atoms. The number of aromatic nitrogens is 2. The van der Waals surface area contributed by atoms with Gasteiger partial charge in [0.25, 0.3) is 0 Å². The molecule has 0 saturated heterocycles. The zero-order chi connectivity index (χ0) is 15.0. The highest BCUT2D eigenvalue weighted by Gasteiger charge is 2.39. The molecule has 1 N–H and O–H groups in total. The third-order valence-corrected chi connectivity index (χ3v) is 4.09. The van der Waals surface area contributed by atoms with Crippen LogP contribution in [0.1, 0.15) is 42.1 Å². The Bertz CT molecular complexity index is 642. The van der Waals surface area contributed by atoms with E-state index in [1.165, 1.54) is 6.20 Å². The summed E-state index contributed by atoms with van der Waals surface area (Å²) < 4.78 is 12.4. The Morgan fingerprint density at radius 1 is 1.38 bits per heavy atom. The molecule has 1 fully saturated rings. The van der Waals surface area contributed by atoms with E-state index in [9.17, 15) is 14.0 Å². The third-order valence-electron chi connectivity index (χ3n) is 4.09. The lowest BCUT2D eigenvalue weighted by molar-refractivity contribution is -0.125. The highest BCUT2D eigenvalue weighted by atomic mass is 19.1.